The number of hydrogen-bond acceptors (Lipinski definition) is 3. The number of benzene rings is 3. The number of para-hydroxylation sites is 1. The number of ether oxygens (including phenoxy) is 1. The molecule has 3 aromatic rings. The zero-order valence-corrected chi connectivity index (χ0v) is 15.5. The Morgan fingerprint density at radius 2 is 1.67 bits per heavy atom. The highest BCUT2D eigenvalue weighted by atomic mass is 16.5. The number of hydrogen-bond donors (Lipinski definition) is 1. The van der Waals surface area contributed by atoms with Crippen LogP contribution >= 0.6 is 0 Å². The maximum atomic E-state index is 13.2. The first-order chi connectivity index (χ1) is 13.2. The first-order valence-electron chi connectivity index (χ1n) is 9.16. The van der Waals surface area contributed by atoms with Crippen molar-refractivity contribution in [1.29, 1.82) is 0 Å². The summed E-state index contributed by atoms with van der Waals surface area (Å²) in [4.78, 5) is 15.0. The fraction of sp³-hybridized carbons (Fsp3) is 0.174. The molecule has 0 bridgehead atoms. The molecule has 1 aliphatic rings. The van der Waals surface area contributed by atoms with Crippen LogP contribution in [0.25, 0.3) is 0 Å². The van der Waals surface area contributed by atoms with E-state index in [-0.39, 0.29) is 12.1 Å². The Morgan fingerprint density at radius 1 is 0.963 bits per heavy atom. The van der Waals surface area contributed by atoms with Gasteiger partial charge in [0.05, 0.1) is 6.61 Å². The maximum Gasteiger partial charge on any atom is 0.260 e. The fourth-order valence-corrected chi connectivity index (χ4v) is 3.51. The van der Waals surface area contributed by atoms with Crippen molar-refractivity contribution in [2.75, 3.05) is 16.8 Å². The van der Waals surface area contributed by atoms with E-state index in [2.05, 4.69) is 5.32 Å². The number of nitrogens with one attached hydrogen (secondary N) is 1. The van der Waals surface area contributed by atoms with E-state index in [1.807, 2.05) is 91.5 Å². The Hall–Kier alpha value is -3.27. The van der Waals surface area contributed by atoms with Crippen LogP contribution in [0.2, 0.25) is 0 Å². The van der Waals surface area contributed by atoms with Crippen LogP contribution in [-0.2, 0) is 0 Å². The molecule has 0 saturated heterocycles. The van der Waals surface area contributed by atoms with Crippen LogP contribution in [0.3, 0.4) is 0 Å². The molecule has 1 aliphatic heterocycles. The lowest BCUT2D eigenvalue weighted by Crippen LogP contribution is -2.32. The molecule has 0 saturated carbocycles. The maximum absolute atomic E-state index is 13.2. The van der Waals surface area contributed by atoms with Crippen LogP contribution in [0, 0.1) is 6.92 Å². The van der Waals surface area contributed by atoms with Crippen LogP contribution in [0.5, 0.6) is 5.75 Å². The van der Waals surface area contributed by atoms with Gasteiger partial charge in [-0.15, -0.1) is 0 Å². The summed E-state index contributed by atoms with van der Waals surface area (Å²) in [5, 5.41) is 3.52. The Bertz CT molecular complexity index is 966. The summed E-state index contributed by atoms with van der Waals surface area (Å²) in [5.41, 5.74) is 4.65. The average Bonchev–Trinajstić information content (AvgIpc) is 2.96. The van der Waals surface area contributed by atoms with E-state index in [4.69, 9.17) is 4.74 Å². The van der Waals surface area contributed by atoms with Crippen molar-refractivity contribution in [2.45, 2.75) is 20.0 Å². The van der Waals surface area contributed by atoms with Crippen molar-refractivity contribution in [3.8, 4) is 5.75 Å². The van der Waals surface area contributed by atoms with Gasteiger partial charge in [0.15, 0.2) is 0 Å². The van der Waals surface area contributed by atoms with Gasteiger partial charge in [-0.1, -0.05) is 36.4 Å². The number of carbonyl (C=O) groups is 1. The van der Waals surface area contributed by atoms with E-state index < -0.39 is 0 Å². The molecule has 1 atom stereocenters. The van der Waals surface area contributed by atoms with Crippen molar-refractivity contribution in [1.82, 2.24) is 0 Å². The molecule has 1 unspecified atom stereocenters. The molecule has 0 aromatic heterocycles. The molecule has 1 amide bonds. The van der Waals surface area contributed by atoms with Crippen LogP contribution < -0.4 is 15.0 Å². The highest BCUT2D eigenvalue weighted by molar-refractivity contribution is 6.11. The lowest BCUT2D eigenvalue weighted by molar-refractivity contribution is 0.0993. The van der Waals surface area contributed by atoms with E-state index >= 15 is 0 Å². The molecule has 3 aromatic carbocycles. The standard InChI is InChI=1S/C23H22N2O2/c1-3-27-18-14-12-17(13-15-18)24-22-19-9-5-6-10-20(19)23(26)25(22)21-11-7-4-8-16(21)2/h4-15,22,24H,3H2,1-2H3. The molecule has 0 radical (unpaired) electrons. The summed E-state index contributed by atoms with van der Waals surface area (Å²) in [6.07, 6.45) is -0.257. The van der Waals surface area contributed by atoms with Crippen molar-refractivity contribution in [3.63, 3.8) is 0 Å². The van der Waals surface area contributed by atoms with E-state index in [9.17, 15) is 4.79 Å². The molecule has 0 fully saturated rings. The van der Waals surface area contributed by atoms with E-state index in [0.717, 1.165) is 33.8 Å². The minimum Gasteiger partial charge on any atom is -0.494 e. The van der Waals surface area contributed by atoms with Crippen LogP contribution in [0.4, 0.5) is 11.4 Å². The normalized spacial score (nSPS) is 15.6. The second-order valence-electron chi connectivity index (χ2n) is 6.55. The van der Waals surface area contributed by atoms with Crippen LogP contribution in [0.15, 0.2) is 72.8 Å². The number of fused-ring (bicyclic) bond motifs is 1. The minimum absolute atomic E-state index is 0.0170. The summed E-state index contributed by atoms with van der Waals surface area (Å²) in [5.74, 6) is 0.852. The Morgan fingerprint density at radius 3 is 2.41 bits per heavy atom. The molecule has 136 valence electrons. The first kappa shape index (κ1) is 17.2. The third-order valence-electron chi connectivity index (χ3n) is 4.81. The quantitative estimate of drug-likeness (QED) is 0.684. The van der Waals surface area contributed by atoms with Gasteiger partial charge in [0.2, 0.25) is 0 Å². The monoisotopic (exact) mass is 358 g/mol. The topological polar surface area (TPSA) is 41.6 Å². The molecule has 4 nitrogen and oxygen atoms in total. The number of nitrogens with zero attached hydrogens (tertiary/aromatic N) is 1. The molecule has 0 spiro atoms. The number of anilines is 2. The van der Waals surface area contributed by atoms with Crippen molar-refractivity contribution in [3.05, 3.63) is 89.5 Å². The summed E-state index contributed by atoms with van der Waals surface area (Å²) >= 11 is 0. The first-order valence-corrected chi connectivity index (χ1v) is 9.16. The molecule has 1 heterocycles. The second kappa shape index (κ2) is 7.16. The summed E-state index contributed by atoms with van der Waals surface area (Å²) < 4.78 is 5.52. The van der Waals surface area contributed by atoms with Crippen molar-refractivity contribution in [2.24, 2.45) is 0 Å². The molecule has 1 N–H and O–H groups in total. The molecular formula is C23H22N2O2. The molecular weight excluding hydrogens is 336 g/mol. The van der Waals surface area contributed by atoms with Gasteiger partial charge in [-0.25, -0.2) is 0 Å². The van der Waals surface area contributed by atoms with E-state index in [1.54, 1.807) is 0 Å². The predicted molar refractivity (Wildman–Crippen MR) is 108 cm³/mol. The third kappa shape index (κ3) is 3.14. The van der Waals surface area contributed by atoms with Gasteiger partial charge in [-0.05, 0) is 55.8 Å². The van der Waals surface area contributed by atoms with Gasteiger partial charge in [0.25, 0.3) is 5.91 Å². The molecule has 4 rings (SSSR count). The largest absolute Gasteiger partial charge is 0.494 e. The van der Waals surface area contributed by atoms with Gasteiger partial charge < -0.3 is 10.1 Å². The average molecular weight is 358 g/mol. The van der Waals surface area contributed by atoms with Crippen molar-refractivity contribution < 1.29 is 9.53 Å². The zero-order valence-electron chi connectivity index (χ0n) is 15.5. The number of carbonyl (C=O) groups excluding carboxylic acids is 1. The molecule has 27 heavy (non-hydrogen) atoms. The minimum atomic E-state index is -0.257. The number of rotatable bonds is 5. The SMILES string of the molecule is CCOc1ccc(NC2c3ccccc3C(=O)N2c2ccccc2C)cc1. The molecule has 4 heteroatoms. The van der Waals surface area contributed by atoms with Gasteiger partial charge in [0, 0.05) is 22.5 Å². The highest BCUT2D eigenvalue weighted by Crippen LogP contribution is 2.39. The highest BCUT2D eigenvalue weighted by Gasteiger charge is 2.38. The third-order valence-corrected chi connectivity index (χ3v) is 4.81. The number of aryl methyl sites for hydroxylation is 1. The Balaban J connectivity index is 1.72. The second-order valence-corrected chi connectivity index (χ2v) is 6.55. The van der Waals surface area contributed by atoms with Gasteiger partial charge in [-0.2, -0.15) is 0 Å². The van der Waals surface area contributed by atoms with Crippen LogP contribution in [0.1, 0.15) is 34.6 Å². The predicted octanol–water partition coefficient (Wildman–Crippen LogP) is 5.16. The van der Waals surface area contributed by atoms with Crippen molar-refractivity contribution >= 4 is 17.3 Å². The Kier molecular flexibility index (Phi) is 4.55. The van der Waals surface area contributed by atoms with E-state index in [0.29, 0.717) is 6.61 Å². The smallest absolute Gasteiger partial charge is 0.260 e. The summed E-state index contributed by atoms with van der Waals surface area (Å²) in [6, 6.07) is 23.6. The fourth-order valence-electron chi connectivity index (χ4n) is 3.51. The zero-order chi connectivity index (χ0) is 18.8. The van der Waals surface area contributed by atoms with E-state index in [1.165, 1.54) is 0 Å². The lowest BCUT2D eigenvalue weighted by Gasteiger charge is -2.28. The van der Waals surface area contributed by atoms with Gasteiger partial charge >= 0.3 is 0 Å². The van der Waals surface area contributed by atoms with Crippen LogP contribution in [-0.4, -0.2) is 12.5 Å². The van der Waals surface area contributed by atoms with Gasteiger partial charge in [0.1, 0.15) is 11.9 Å². The summed E-state index contributed by atoms with van der Waals surface area (Å²) in [7, 11) is 0. The molecule has 0 aliphatic carbocycles. The lowest BCUT2D eigenvalue weighted by atomic mass is 10.1. The number of amides is 1. The Labute approximate surface area is 159 Å². The summed E-state index contributed by atoms with van der Waals surface area (Å²) in [6.45, 7) is 4.63. The van der Waals surface area contributed by atoms with Gasteiger partial charge in [-0.3, -0.25) is 9.69 Å².